The number of ether oxygens (including phenoxy) is 1. The Morgan fingerprint density at radius 3 is 2.48 bits per heavy atom. The number of methoxy groups -OCH3 is 1. The standard InChI is InChI=1S/C18H26F2N4O3/c1-18(2,3)13-10-23(8-9-24(13)17(26)27-5)12-7-6-11(16(25)21-4)22-14(12)15(19)20/h6-7,13,15H,8-10H2,1-5H3,(H,21,25). The van der Waals surface area contributed by atoms with Gasteiger partial charge in [0.15, 0.2) is 0 Å². The van der Waals surface area contributed by atoms with Crippen LogP contribution in [0, 0.1) is 5.41 Å². The van der Waals surface area contributed by atoms with E-state index in [9.17, 15) is 18.4 Å². The van der Waals surface area contributed by atoms with Crippen LogP contribution >= 0.6 is 0 Å². The number of rotatable bonds is 3. The van der Waals surface area contributed by atoms with Crippen molar-refractivity contribution in [1.29, 1.82) is 0 Å². The summed E-state index contributed by atoms with van der Waals surface area (Å²) in [6, 6.07) is 2.69. The number of carbonyl (C=O) groups excluding carboxylic acids is 2. The molecule has 0 spiro atoms. The molecule has 150 valence electrons. The molecule has 0 bridgehead atoms. The molecule has 1 atom stereocenters. The van der Waals surface area contributed by atoms with Gasteiger partial charge >= 0.3 is 6.09 Å². The molecular weight excluding hydrogens is 358 g/mol. The van der Waals surface area contributed by atoms with Gasteiger partial charge in [0.1, 0.15) is 11.4 Å². The smallest absolute Gasteiger partial charge is 0.409 e. The molecule has 0 saturated carbocycles. The van der Waals surface area contributed by atoms with Gasteiger partial charge in [0.05, 0.1) is 18.8 Å². The fourth-order valence-electron chi connectivity index (χ4n) is 3.23. The molecule has 1 unspecified atom stereocenters. The van der Waals surface area contributed by atoms with Crippen LogP contribution in [0.5, 0.6) is 0 Å². The maximum Gasteiger partial charge on any atom is 0.409 e. The van der Waals surface area contributed by atoms with Gasteiger partial charge < -0.3 is 19.9 Å². The maximum absolute atomic E-state index is 13.6. The van der Waals surface area contributed by atoms with Crippen LogP contribution in [0.25, 0.3) is 0 Å². The number of piperazine rings is 1. The topological polar surface area (TPSA) is 74.8 Å². The number of nitrogens with one attached hydrogen (secondary N) is 1. The third-order valence-electron chi connectivity index (χ3n) is 4.70. The molecular formula is C18H26F2N4O3. The van der Waals surface area contributed by atoms with Gasteiger partial charge in [-0.1, -0.05) is 20.8 Å². The zero-order chi connectivity index (χ0) is 20.4. The zero-order valence-corrected chi connectivity index (χ0v) is 16.3. The number of hydrogen-bond acceptors (Lipinski definition) is 5. The van der Waals surface area contributed by atoms with E-state index in [1.165, 1.54) is 26.3 Å². The Morgan fingerprint density at radius 1 is 1.30 bits per heavy atom. The predicted molar refractivity (Wildman–Crippen MR) is 97.2 cm³/mol. The lowest BCUT2D eigenvalue weighted by Crippen LogP contribution is -2.60. The summed E-state index contributed by atoms with van der Waals surface area (Å²) in [7, 11) is 2.74. The van der Waals surface area contributed by atoms with Crippen molar-refractivity contribution in [2.45, 2.75) is 33.2 Å². The Morgan fingerprint density at radius 2 is 1.96 bits per heavy atom. The minimum absolute atomic E-state index is 0.0582. The molecule has 1 saturated heterocycles. The molecule has 2 amide bonds. The first kappa shape index (κ1) is 20.9. The molecule has 2 rings (SSSR count). The Labute approximate surface area is 157 Å². The van der Waals surface area contributed by atoms with E-state index in [-0.39, 0.29) is 22.8 Å². The van der Waals surface area contributed by atoms with Crippen molar-refractivity contribution in [3.05, 3.63) is 23.5 Å². The Kier molecular flexibility index (Phi) is 6.22. The second-order valence-electron chi connectivity index (χ2n) is 7.47. The van der Waals surface area contributed by atoms with Crippen molar-refractivity contribution in [1.82, 2.24) is 15.2 Å². The average molecular weight is 384 g/mol. The number of alkyl halides is 2. The largest absolute Gasteiger partial charge is 0.453 e. The van der Waals surface area contributed by atoms with E-state index in [4.69, 9.17) is 4.74 Å². The molecule has 1 aliphatic heterocycles. The maximum atomic E-state index is 13.6. The van der Waals surface area contributed by atoms with E-state index in [1.54, 1.807) is 9.80 Å². The number of halogens is 2. The van der Waals surface area contributed by atoms with Crippen LogP contribution in [-0.4, -0.2) is 61.7 Å². The Hall–Kier alpha value is -2.45. The van der Waals surface area contributed by atoms with Crippen LogP contribution in [-0.2, 0) is 4.74 Å². The van der Waals surface area contributed by atoms with Crippen LogP contribution in [0.3, 0.4) is 0 Å². The van der Waals surface area contributed by atoms with Crippen molar-refractivity contribution < 1.29 is 23.1 Å². The zero-order valence-electron chi connectivity index (χ0n) is 16.3. The third-order valence-corrected chi connectivity index (χ3v) is 4.70. The monoisotopic (exact) mass is 384 g/mol. The van der Waals surface area contributed by atoms with Gasteiger partial charge in [0.2, 0.25) is 0 Å². The fourth-order valence-corrected chi connectivity index (χ4v) is 3.23. The minimum Gasteiger partial charge on any atom is -0.453 e. The van der Waals surface area contributed by atoms with E-state index in [0.29, 0.717) is 19.6 Å². The number of carbonyl (C=O) groups is 2. The molecule has 1 aliphatic rings. The van der Waals surface area contributed by atoms with Crippen LogP contribution in [0.4, 0.5) is 19.3 Å². The molecule has 0 aliphatic carbocycles. The van der Waals surface area contributed by atoms with E-state index in [0.717, 1.165) is 0 Å². The summed E-state index contributed by atoms with van der Waals surface area (Å²) in [4.78, 5) is 31.1. The third kappa shape index (κ3) is 4.45. The van der Waals surface area contributed by atoms with E-state index in [1.807, 2.05) is 20.8 Å². The normalized spacial score (nSPS) is 17.9. The molecule has 1 fully saturated rings. The number of pyridine rings is 1. The molecule has 27 heavy (non-hydrogen) atoms. The Bertz CT molecular complexity index is 706. The van der Waals surface area contributed by atoms with Gasteiger partial charge in [-0.25, -0.2) is 18.6 Å². The van der Waals surface area contributed by atoms with E-state index in [2.05, 4.69) is 10.3 Å². The molecule has 0 aromatic carbocycles. The molecule has 0 radical (unpaired) electrons. The van der Waals surface area contributed by atoms with Gasteiger partial charge in [-0.2, -0.15) is 0 Å². The summed E-state index contributed by atoms with van der Waals surface area (Å²) in [5.41, 5.74) is -0.503. The second-order valence-corrected chi connectivity index (χ2v) is 7.47. The summed E-state index contributed by atoms with van der Waals surface area (Å²) >= 11 is 0. The quantitative estimate of drug-likeness (QED) is 0.867. The average Bonchev–Trinajstić information content (AvgIpc) is 2.65. The van der Waals surface area contributed by atoms with Crippen molar-refractivity contribution in [2.75, 3.05) is 38.7 Å². The lowest BCUT2D eigenvalue weighted by Gasteiger charge is -2.47. The fraction of sp³-hybridized carbons (Fsp3) is 0.611. The molecule has 1 aromatic heterocycles. The van der Waals surface area contributed by atoms with E-state index >= 15 is 0 Å². The molecule has 2 heterocycles. The van der Waals surface area contributed by atoms with Crippen LogP contribution in [0.15, 0.2) is 12.1 Å². The summed E-state index contributed by atoms with van der Waals surface area (Å²) in [6.45, 7) is 7.02. The highest BCUT2D eigenvalue weighted by atomic mass is 19.3. The van der Waals surface area contributed by atoms with Crippen LogP contribution < -0.4 is 10.2 Å². The summed E-state index contributed by atoms with van der Waals surface area (Å²) < 4.78 is 32.1. The molecule has 7 nitrogen and oxygen atoms in total. The number of anilines is 1. The molecule has 1 aromatic rings. The van der Waals surface area contributed by atoms with Crippen LogP contribution in [0.2, 0.25) is 0 Å². The highest BCUT2D eigenvalue weighted by Crippen LogP contribution is 2.34. The predicted octanol–water partition coefficient (Wildman–Crippen LogP) is 2.68. The van der Waals surface area contributed by atoms with Crippen LogP contribution in [0.1, 0.15) is 43.4 Å². The van der Waals surface area contributed by atoms with Crippen molar-refractivity contribution in [3.8, 4) is 0 Å². The number of amides is 2. The summed E-state index contributed by atoms with van der Waals surface area (Å²) in [6.07, 6.45) is -3.26. The molecule has 1 N–H and O–H groups in total. The number of nitrogens with zero attached hydrogens (tertiary/aromatic N) is 3. The lowest BCUT2D eigenvalue weighted by atomic mass is 9.84. The first-order chi connectivity index (χ1) is 12.6. The first-order valence-corrected chi connectivity index (χ1v) is 8.70. The Balaban J connectivity index is 2.38. The first-order valence-electron chi connectivity index (χ1n) is 8.70. The molecule has 9 heteroatoms. The summed E-state index contributed by atoms with van der Waals surface area (Å²) in [5.74, 6) is -0.522. The van der Waals surface area contributed by atoms with Crippen molar-refractivity contribution in [3.63, 3.8) is 0 Å². The number of aromatic nitrogens is 1. The number of hydrogen-bond donors (Lipinski definition) is 1. The van der Waals surface area contributed by atoms with Gasteiger partial charge in [0.25, 0.3) is 12.3 Å². The van der Waals surface area contributed by atoms with E-state index < -0.39 is 24.1 Å². The van der Waals surface area contributed by atoms with Gasteiger partial charge in [0, 0.05) is 26.7 Å². The summed E-state index contributed by atoms with van der Waals surface area (Å²) in [5, 5.41) is 2.38. The van der Waals surface area contributed by atoms with Crippen molar-refractivity contribution in [2.24, 2.45) is 5.41 Å². The SMILES string of the molecule is CNC(=O)c1ccc(N2CCN(C(=O)OC)C(C(C)(C)C)C2)c(C(F)F)n1. The van der Waals surface area contributed by atoms with Gasteiger partial charge in [-0.05, 0) is 17.5 Å². The highest BCUT2D eigenvalue weighted by molar-refractivity contribution is 5.92. The second kappa shape index (κ2) is 8.06. The lowest BCUT2D eigenvalue weighted by molar-refractivity contribution is 0.0624. The van der Waals surface area contributed by atoms with Gasteiger partial charge in [-0.15, -0.1) is 0 Å². The highest BCUT2D eigenvalue weighted by Gasteiger charge is 2.39. The van der Waals surface area contributed by atoms with Crippen molar-refractivity contribution >= 4 is 17.7 Å². The van der Waals surface area contributed by atoms with Gasteiger partial charge in [-0.3, -0.25) is 4.79 Å². The minimum atomic E-state index is -2.82.